The molecule has 4 aromatic rings. The van der Waals surface area contributed by atoms with Crippen molar-refractivity contribution in [2.45, 2.75) is 0 Å². The van der Waals surface area contributed by atoms with Gasteiger partial charge in [0.05, 0.1) is 0 Å². The van der Waals surface area contributed by atoms with Crippen LogP contribution in [0.3, 0.4) is 0 Å². The molecule has 4 aromatic carbocycles. The maximum Gasteiger partial charge on any atom is 0.193 e. The topological polar surface area (TPSA) is 138 Å². The van der Waals surface area contributed by atoms with Crippen LogP contribution in [0, 0.1) is 0 Å². The second-order valence-electron chi connectivity index (χ2n) is 7.16. The smallest absolute Gasteiger partial charge is 0.193 e. The van der Waals surface area contributed by atoms with Gasteiger partial charge in [0, 0.05) is 45.0 Å². The molecule has 8 N–H and O–H groups in total. The van der Waals surface area contributed by atoms with Crippen molar-refractivity contribution in [2.24, 2.45) is 0 Å². The van der Waals surface area contributed by atoms with Gasteiger partial charge in [0.2, 0.25) is 0 Å². The number of ketones is 2. The standard InChI is InChI=1S/2C13H12N2O/c2*14-11-5-1-3-9(7-11)13(16)10-4-2-6-12(15)8-10/h2*1-8H,14-15H2. The van der Waals surface area contributed by atoms with Crippen LogP contribution in [0.25, 0.3) is 0 Å². The Morgan fingerprint density at radius 1 is 0.406 bits per heavy atom. The summed E-state index contributed by atoms with van der Waals surface area (Å²) < 4.78 is 0. The Kier molecular flexibility index (Phi) is 6.88. The molecule has 0 atom stereocenters. The molecule has 0 radical (unpaired) electrons. The fourth-order valence-electron chi connectivity index (χ4n) is 3.05. The lowest BCUT2D eigenvalue weighted by molar-refractivity contribution is 0.103. The summed E-state index contributed by atoms with van der Waals surface area (Å²) in [6.45, 7) is 0. The van der Waals surface area contributed by atoms with Crippen molar-refractivity contribution in [1.82, 2.24) is 0 Å². The van der Waals surface area contributed by atoms with Crippen molar-refractivity contribution >= 4 is 34.3 Å². The third kappa shape index (κ3) is 5.73. The fourth-order valence-corrected chi connectivity index (χ4v) is 3.05. The molecule has 0 amide bonds. The van der Waals surface area contributed by atoms with Crippen LogP contribution in [-0.2, 0) is 0 Å². The molecule has 0 heterocycles. The van der Waals surface area contributed by atoms with Gasteiger partial charge in [0.15, 0.2) is 11.6 Å². The fraction of sp³-hybridized carbons (Fsp3) is 0. The lowest BCUT2D eigenvalue weighted by Gasteiger charge is -2.03. The zero-order valence-electron chi connectivity index (χ0n) is 17.4. The Balaban J connectivity index is 0.000000181. The van der Waals surface area contributed by atoms with Crippen molar-refractivity contribution in [2.75, 3.05) is 22.9 Å². The minimum absolute atomic E-state index is 0.0698. The summed E-state index contributed by atoms with van der Waals surface area (Å²) in [6, 6.07) is 27.6. The van der Waals surface area contributed by atoms with Crippen LogP contribution in [0.4, 0.5) is 22.7 Å². The third-order valence-corrected chi connectivity index (χ3v) is 4.60. The molecule has 0 aliphatic carbocycles. The van der Waals surface area contributed by atoms with Crippen LogP contribution >= 0.6 is 0 Å². The minimum atomic E-state index is -0.0698. The van der Waals surface area contributed by atoms with E-state index in [-0.39, 0.29) is 11.6 Å². The molecular formula is C26H24N4O2. The number of hydrogen-bond acceptors (Lipinski definition) is 6. The number of carbonyl (C=O) groups is 2. The first kappa shape index (κ1) is 22.1. The molecule has 160 valence electrons. The lowest BCUT2D eigenvalue weighted by atomic mass is 10.0. The van der Waals surface area contributed by atoms with E-state index < -0.39 is 0 Å². The first-order chi connectivity index (χ1) is 15.3. The van der Waals surface area contributed by atoms with Crippen molar-refractivity contribution in [3.8, 4) is 0 Å². The largest absolute Gasteiger partial charge is 0.399 e. The summed E-state index contributed by atoms with van der Waals surface area (Å²) in [4.78, 5) is 24.1. The molecule has 0 aliphatic heterocycles. The zero-order valence-corrected chi connectivity index (χ0v) is 17.4. The SMILES string of the molecule is Nc1cccc(C(=O)c2cccc(N)c2)c1.Nc1cccc(C(=O)c2cccc(N)c2)c1. The normalized spacial score (nSPS) is 10.0. The van der Waals surface area contributed by atoms with Crippen LogP contribution in [0.15, 0.2) is 97.1 Å². The monoisotopic (exact) mass is 424 g/mol. The summed E-state index contributed by atoms with van der Waals surface area (Å²) in [5.41, 5.74) is 27.1. The molecule has 0 fully saturated rings. The Hall–Kier alpha value is -4.58. The highest BCUT2D eigenvalue weighted by Gasteiger charge is 2.09. The Bertz CT molecular complexity index is 1070. The van der Waals surface area contributed by atoms with E-state index in [9.17, 15) is 9.59 Å². The van der Waals surface area contributed by atoms with Gasteiger partial charge in [-0.15, -0.1) is 0 Å². The van der Waals surface area contributed by atoms with Gasteiger partial charge in [-0.1, -0.05) is 48.5 Å². The third-order valence-electron chi connectivity index (χ3n) is 4.60. The number of benzene rings is 4. The second-order valence-corrected chi connectivity index (χ2v) is 7.16. The molecule has 0 spiro atoms. The van der Waals surface area contributed by atoms with Gasteiger partial charge in [0.25, 0.3) is 0 Å². The van der Waals surface area contributed by atoms with E-state index in [0.29, 0.717) is 45.0 Å². The van der Waals surface area contributed by atoms with Crippen molar-refractivity contribution in [1.29, 1.82) is 0 Å². The molecule has 6 nitrogen and oxygen atoms in total. The molecule has 0 saturated carbocycles. The number of hydrogen-bond donors (Lipinski definition) is 4. The number of anilines is 4. The van der Waals surface area contributed by atoms with Crippen LogP contribution < -0.4 is 22.9 Å². The highest BCUT2D eigenvalue weighted by atomic mass is 16.1. The van der Waals surface area contributed by atoms with Crippen LogP contribution in [-0.4, -0.2) is 11.6 Å². The maximum absolute atomic E-state index is 12.0. The predicted octanol–water partition coefficient (Wildman–Crippen LogP) is 4.16. The van der Waals surface area contributed by atoms with E-state index in [1.165, 1.54) is 0 Å². The van der Waals surface area contributed by atoms with Crippen LogP contribution in [0.5, 0.6) is 0 Å². The summed E-state index contributed by atoms with van der Waals surface area (Å²) >= 11 is 0. The first-order valence-corrected chi connectivity index (χ1v) is 9.85. The van der Waals surface area contributed by atoms with Gasteiger partial charge in [0.1, 0.15) is 0 Å². The summed E-state index contributed by atoms with van der Waals surface area (Å²) in [5.74, 6) is -0.140. The molecule has 32 heavy (non-hydrogen) atoms. The summed E-state index contributed by atoms with van der Waals surface area (Å²) in [6.07, 6.45) is 0. The molecule has 0 saturated heterocycles. The molecule has 0 unspecified atom stereocenters. The highest BCUT2D eigenvalue weighted by Crippen LogP contribution is 2.16. The lowest BCUT2D eigenvalue weighted by Crippen LogP contribution is -2.02. The van der Waals surface area contributed by atoms with E-state index in [2.05, 4.69) is 0 Å². The molecular weight excluding hydrogens is 400 g/mol. The molecule has 6 heteroatoms. The number of nitrogen functional groups attached to an aromatic ring is 4. The summed E-state index contributed by atoms with van der Waals surface area (Å²) in [7, 11) is 0. The van der Waals surface area contributed by atoms with Crippen LogP contribution in [0.1, 0.15) is 31.8 Å². The Morgan fingerprint density at radius 2 is 0.625 bits per heavy atom. The molecule has 0 bridgehead atoms. The quantitative estimate of drug-likeness (QED) is 0.287. The molecule has 4 rings (SSSR count). The van der Waals surface area contributed by atoms with E-state index in [4.69, 9.17) is 22.9 Å². The average molecular weight is 425 g/mol. The Labute approximate surface area is 186 Å². The number of carbonyl (C=O) groups excluding carboxylic acids is 2. The number of rotatable bonds is 4. The highest BCUT2D eigenvalue weighted by molar-refractivity contribution is 6.10. The predicted molar refractivity (Wildman–Crippen MR) is 130 cm³/mol. The van der Waals surface area contributed by atoms with Gasteiger partial charge < -0.3 is 22.9 Å². The van der Waals surface area contributed by atoms with Gasteiger partial charge in [-0.3, -0.25) is 9.59 Å². The van der Waals surface area contributed by atoms with Gasteiger partial charge in [-0.25, -0.2) is 0 Å². The molecule has 0 aliphatic rings. The van der Waals surface area contributed by atoms with Crippen LogP contribution in [0.2, 0.25) is 0 Å². The maximum atomic E-state index is 12.0. The molecule has 0 aromatic heterocycles. The van der Waals surface area contributed by atoms with Gasteiger partial charge in [-0.05, 0) is 48.5 Å². The summed E-state index contributed by atoms with van der Waals surface area (Å²) in [5, 5.41) is 0. The van der Waals surface area contributed by atoms with Crippen molar-refractivity contribution in [3.05, 3.63) is 119 Å². The van der Waals surface area contributed by atoms with Gasteiger partial charge >= 0.3 is 0 Å². The van der Waals surface area contributed by atoms with Crippen molar-refractivity contribution < 1.29 is 9.59 Å². The number of nitrogens with two attached hydrogens (primary N) is 4. The van der Waals surface area contributed by atoms with E-state index in [1.54, 1.807) is 97.1 Å². The Morgan fingerprint density at radius 3 is 0.812 bits per heavy atom. The average Bonchev–Trinajstić information content (AvgIpc) is 2.78. The first-order valence-electron chi connectivity index (χ1n) is 9.85. The van der Waals surface area contributed by atoms with Crippen molar-refractivity contribution in [3.63, 3.8) is 0 Å². The van der Waals surface area contributed by atoms with Gasteiger partial charge in [-0.2, -0.15) is 0 Å². The van der Waals surface area contributed by atoms with E-state index >= 15 is 0 Å². The second kappa shape index (κ2) is 9.95. The zero-order chi connectivity index (χ0) is 23.1. The van der Waals surface area contributed by atoms with E-state index in [1.807, 2.05) is 0 Å². The van der Waals surface area contributed by atoms with E-state index in [0.717, 1.165) is 0 Å². The minimum Gasteiger partial charge on any atom is -0.399 e.